The van der Waals surface area contributed by atoms with Gasteiger partial charge < -0.3 is 9.30 Å². The Bertz CT molecular complexity index is 578. The maximum Gasteiger partial charge on any atom is 0.251 e. The molecule has 94 valence electrons. The van der Waals surface area contributed by atoms with E-state index < -0.39 is 0 Å². The van der Waals surface area contributed by atoms with Crippen LogP contribution in [0.3, 0.4) is 0 Å². The SMILES string of the molecule is COCCn1cc(-c2ccccc2)c(Br)cc1=O. The van der Waals surface area contributed by atoms with Crippen LogP contribution in [0.15, 0.2) is 51.9 Å². The highest BCUT2D eigenvalue weighted by Gasteiger charge is 2.06. The second-order valence-corrected chi connectivity index (χ2v) is 4.78. The maximum absolute atomic E-state index is 11.8. The normalized spacial score (nSPS) is 10.6. The second-order valence-electron chi connectivity index (χ2n) is 3.93. The van der Waals surface area contributed by atoms with Gasteiger partial charge in [-0.25, -0.2) is 0 Å². The molecule has 0 radical (unpaired) electrons. The summed E-state index contributed by atoms with van der Waals surface area (Å²) in [6.07, 6.45) is 1.86. The van der Waals surface area contributed by atoms with Crippen molar-refractivity contribution >= 4 is 15.9 Å². The number of hydrogen-bond acceptors (Lipinski definition) is 2. The zero-order valence-electron chi connectivity index (χ0n) is 10.1. The summed E-state index contributed by atoms with van der Waals surface area (Å²) in [6.45, 7) is 1.08. The van der Waals surface area contributed by atoms with E-state index in [1.807, 2.05) is 36.5 Å². The molecule has 2 aromatic rings. The summed E-state index contributed by atoms with van der Waals surface area (Å²) >= 11 is 3.44. The lowest BCUT2D eigenvalue weighted by molar-refractivity contribution is 0.186. The van der Waals surface area contributed by atoms with Crippen LogP contribution in [0.25, 0.3) is 11.1 Å². The number of halogens is 1. The summed E-state index contributed by atoms with van der Waals surface area (Å²) in [7, 11) is 1.63. The molecule has 2 rings (SSSR count). The van der Waals surface area contributed by atoms with E-state index in [2.05, 4.69) is 15.9 Å². The Labute approximate surface area is 114 Å². The number of ether oxygens (including phenoxy) is 1. The van der Waals surface area contributed by atoms with Crippen molar-refractivity contribution in [2.45, 2.75) is 6.54 Å². The fourth-order valence-corrected chi connectivity index (χ4v) is 2.27. The second kappa shape index (κ2) is 5.98. The first-order valence-corrected chi connectivity index (χ1v) is 6.46. The molecule has 0 amide bonds. The van der Waals surface area contributed by atoms with Gasteiger partial charge in [0, 0.05) is 36.0 Å². The van der Waals surface area contributed by atoms with Crippen molar-refractivity contribution < 1.29 is 4.74 Å². The molecule has 0 saturated heterocycles. The van der Waals surface area contributed by atoms with Crippen LogP contribution in [0.4, 0.5) is 0 Å². The van der Waals surface area contributed by atoms with E-state index in [-0.39, 0.29) is 5.56 Å². The predicted molar refractivity (Wildman–Crippen MR) is 75.7 cm³/mol. The summed E-state index contributed by atoms with van der Waals surface area (Å²) in [5.74, 6) is 0. The fourth-order valence-electron chi connectivity index (χ4n) is 1.74. The molecule has 18 heavy (non-hydrogen) atoms. The topological polar surface area (TPSA) is 31.2 Å². The van der Waals surface area contributed by atoms with Gasteiger partial charge in [0.05, 0.1) is 6.61 Å². The van der Waals surface area contributed by atoms with Gasteiger partial charge >= 0.3 is 0 Å². The Morgan fingerprint density at radius 2 is 2.00 bits per heavy atom. The molecule has 0 aliphatic heterocycles. The molecule has 0 aliphatic carbocycles. The van der Waals surface area contributed by atoms with Crippen molar-refractivity contribution in [3.05, 3.63) is 57.4 Å². The van der Waals surface area contributed by atoms with Crippen LogP contribution in [-0.2, 0) is 11.3 Å². The Hall–Kier alpha value is -1.39. The zero-order valence-corrected chi connectivity index (χ0v) is 11.7. The molecule has 0 unspecified atom stereocenters. The average molecular weight is 308 g/mol. The zero-order chi connectivity index (χ0) is 13.0. The lowest BCUT2D eigenvalue weighted by Gasteiger charge is -2.10. The largest absolute Gasteiger partial charge is 0.383 e. The van der Waals surface area contributed by atoms with Crippen molar-refractivity contribution in [2.75, 3.05) is 13.7 Å². The smallest absolute Gasteiger partial charge is 0.251 e. The molecular weight excluding hydrogens is 294 g/mol. The summed E-state index contributed by atoms with van der Waals surface area (Å²) < 4.78 is 7.48. The van der Waals surface area contributed by atoms with E-state index in [1.54, 1.807) is 17.7 Å². The molecule has 0 spiro atoms. The number of aromatic nitrogens is 1. The number of hydrogen-bond donors (Lipinski definition) is 0. The Kier molecular flexibility index (Phi) is 4.33. The van der Waals surface area contributed by atoms with Crippen LogP contribution >= 0.6 is 15.9 Å². The standard InChI is InChI=1S/C14H14BrNO2/c1-18-8-7-16-10-12(13(15)9-14(16)17)11-5-3-2-4-6-11/h2-6,9-10H,7-8H2,1H3. The Morgan fingerprint density at radius 1 is 1.28 bits per heavy atom. The number of nitrogens with zero attached hydrogens (tertiary/aromatic N) is 1. The first-order valence-electron chi connectivity index (χ1n) is 5.66. The van der Waals surface area contributed by atoms with Crippen LogP contribution in [-0.4, -0.2) is 18.3 Å². The van der Waals surface area contributed by atoms with Gasteiger partial charge in [0.1, 0.15) is 0 Å². The highest BCUT2D eigenvalue weighted by molar-refractivity contribution is 9.10. The summed E-state index contributed by atoms with van der Waals surface area (Å²) in [5.41, 5.74) is 2.06. The lowest BCUT2D eigenvalue weighted by Crippen LogP contribution is -2.21. The van der Waals surface area contributed by atoms with E-state index in [0.717, 1.165) is 15.6 Å². The summed E-state index contributed by atoms with van der Waals surface area (Å²) in [4.78, 5) is 11.8. The Morgan fingerprint density at radius 3 is 2.67 bits per heavy atom. The number of benzene rings is 1. The molecule has 3 nitrogen and oxygen atoms in total. The van der Waals surface area contributed by atoms with Crippen LogP contribution < -0.4 is 5.56 Å². The van der Waals surface area contributed by atoms with E-state index in [4.69, 9.17) is 4.74 Å². The first kappa shape index (κ1) is 13.1. The van der Waals surface area contributed by atoms with Crippen molar-refractivity contribution in [1.82, 2.24) is 4.57 Å². The first-order chi connectivity index (χ1) is 8.72. The molecule has 4 heteroatoms. The lowest BCUT2D eigenvalue weighted by atomic mass is 10.1. The molecular formula is C14H14BrNO2. The third-order valence-corrected chi connectivity index (χ3v) is 3.35. The van der Waals surface area contributed by atoms with Crippen molar-refractivity contribution in [2.24, 2.45) is 0 Å². The van der Waals surface area contributed by atoms with Crippen molar-refractivity contribution in [3.8, 4) is 11.1 Å². The highest BCUT2D eigenvalue weighted by atomic mass is 79.9. The number of pyridine rings is 1. The van der Waals surface area contributed by atoms with Crippen molar-refractivity contribution in [1.29, 1.82) is 0 Å². The van der Waals surface area contributed by atoms with Crippen LogP contribution in [0.1, 0.15) is 0 Å². The van der Waals surface area contributed by atoms with E-state index in [0.29, 0.717) is 13.2 Å². The van der Waals surface area contributed by atoms with Gasteiger partial charge in [-0.2, -0.15) is 0 Å². The third kappa shape index (κ3) is 2.89. The maximum atomic E-state index is 11.8. The van der Waals surface area contributed by atoms with Crippen LogP contribution in [0.2, 0.25) is 0 Å². The van der Waals surface area contributed by atoms with Gasteiger partial charge in [-0.3, -0.25) is 4.79 Å². The number of rotatable bonds is 4. The monoisotopic (exact) mass is 307 g/mol. The number of methoxy groups -OCH3 is 1. The molecule has 1 heterocycles. The molecule has 0 aliphatic rings. The Balaban J connectivity index is 2.45. The van der Waals surface area contributed by atoms with E-state index in [1.165, 1.54) is 0 Å². The molecule has 1 aromatic carbocycles. The molecule has 0 bridgehead atoms. The molecule has 0 atom stereocenters. The summed E-state index contributed by atoms with van der Waals surface area (Å²) in [6, 6.07) is 11.6. The van der Waals surface area contributed by atoms with E-state index in [9.17, 15) is 4.79 Å². The minimum atomic E-state index is -0.0291. The van der Waals surface area contributed by atoms with Gasteiger partial charge in [0.25, 0.3) is 5.56 Å². The van der Waals surface area contributed by atoms with Crippen LogP contribution in [0, 0.1) is 0 Å². The predicted octanol–water partition coefficient (Wildman–Crippen LogP) is 2.92. The van der Waals surface area contributed by atoms with Crippen LogP contribution in [0.5, 0.6) is 0 Å². The molecule has 0 N–H and O–H groups in total. The third-order valence-electron chi connectivity index (χ3n) is 2.70. The average Bonchev–Trinajstić information content (AvgIpc) is 2.39. The van der Waals surface area contributed by atoms with Gasteiger partial charge in [0.2, 0.25) is 0 Å². The van der Waals surface area contributed by atoms with E-state index >= 15 is 0 Å². The molecule has 0 fully saturated rings. The van der Waals surface area contributed by atoms with Gasteiger partial charge in [-0.15, -0.1) is 0 Å². The molecule has 0 saturated carbocycles. The minimum Gasteiger partial charge on any atom is -0.383 e. The fraction of sp³-hybridized carbons (Fsp3) is 0.214. The minimum absolute atomic E-state index is 0.0291. The quantitative estimate of drug-likeness (QED) is 0.869. The van der Waals surface area contributed by atoms with Gasteiger partial charge in [-0.05, 0) is 21.5 Å². The van der Waals surface area contributed by atoms with Gasteiger partial charge in [0.15, 0.2) is 0 Å². The molecule has 1 aromatic heterocycles. The summed E-state index contributed by atoms with van der Waals surface area (Å²) in [5, 5.41) is 0. The highest BCUT2D eigenvalue weighted by Crippen LogP contribution is 2.26. The van der Waals surface area contributed by atoms with Gasteiger partial charge in [-0.1, -0.05) is 30.3 Å². The van der Waals surface area contributed by atoms with Crippen molar-refractivity contribution in [3.63, 3.8) is 0 Å².